The van der Waals surface area contributed by atoms with E-state index in [-0.39, 0.29) is 0 Å². The maximum Gasteiger partial charge on any atom is 0.179 e. The zero-order valence-corrected chi connectivity index (χ0v) is 14.9. The number of hydrogen-bond donors (Lipinski definition) is 0. The van der Waals surface area contributed by atoms with Gasteiger partial charge in [-0.15, -0.1) is 5.10 Å². The van der Waals surface area contributed by atoms with Gasteiger partial charge in [-0.1, -0.05) is 41.1 Å². The first-order valence-electron chi connectivity index (χ1n) is 8.87. The highest BCUT2D eigenvalue weighted by atomic mass is 15.4. The maximum absolute atomic E-state index is 4.83. The number of aryl methyl sites for hydroxylation is 1. The molecule has 5 nitrogen and oxygen atoms in total. The van der Waals surface area contributed by atoms with E-state index in [4.69, 9.17) is 4.98 Å². The second-order valence-corrected chi connectivity index (χ2v) is 6.69. The zero-order chi connectivity index (χ0) is 18.2. The summed E-state index contributed by atoms with van der Waals surface area (Å²) in [5, 5.41) is 9.70. The fraction of sp³-hybridized carbons (Fsp3) is 0.0909. The second kappa shape index (κ2) is 6.29. The Kier molecular flexibility index (Phi) is 3.64. The lowest BCUT2D eigenvalue weighted by Gasteiger charge is -2.06. The van der Waals surface area contributed by atoms with Crippen LogP contribution in [0.5, 0.6) is 0 Å². The van der Waals surface area contributed by atoms with Gasteiger partial charge in [-0.05, 0) is 48.9 Å². The predicted octanol–water partition coefficient (Wildman–Crippen LogP) is 4.40. The van der Waals surface area contributed by atoms with Gasteiger partial charge in [0.2, 0.25) is 0 Å². The van der Waals surface area contributed by atoms with Crippen molar-refractivity contribution in [3.8, 4) is 11.3 Å². The van der Waals surface area contributed by atoms with Gasteiger partial charge in [0.1, 0.15) is 5.52 Å². The molecular formula is C22H17N5. The van der Waals surface area contributed by atoms with Gasteiger partial charge in [0.15, 0.2) is 5.65 Å². The van der Waals surface area contributed by atoms with Crippen LogP contribution in [0.15, 0.2) is 72.9 Å². The fourth-order valence-electron chi connectivity index (χ4n) is 3.32. The average Bonchev–Trinajstić information content (AvgIpc) is 3.10. The topological polar surface area (TPSA) is 56.5 Å². The standard InChI is InChI=1S/C22H17N5/c1-15-4-2-5-17(12-15)20-9-10-21-22(24-20)27(26-25-21)14-16-7-8-19-18(13-16)6-3-11-23-19/h2-13H,14H2,1H3. The summed E-state index contributed by atoms with van der Waals surface area (Å²) in [4.78, 5) is 9.21. The molecule has 0 aliphatic carbocycles. The van der Waals surface area contributed by atoms with Crippen molar-refractivity contribution in [1.29, 1.82) is 0 Å². The van der Waals surface area contributed by atoms with Crippen molar-refractivity contribution in [3.63, 3.8) is 0 Å². The number of aromatic nitrogens is 5. The van der Waals surface area contributed by atoms with E-state index in [0.29, 0.717) is 6.54 Å². The maximum atomic E-state index is 4.83. The molecule has 0 saturated heterocycles. The largest absolute Gasteiger partial charge is 0.256 e. The van der Waals surface area contributed by atoms with Gasteiger partial charge in [-0.25, -0.2) is 9.67 Å². The average molecular weight is 351 g/mol. The molecule has 0 spiro atoms. The van der Waals surface area contributed by atoms with E-state index in [1.807, 2.05) is 35.1 Å². The van der Waals surface area contributed by atoms with Crippen molar-refractivity contribution < 1.29 is 0 Å². The van der Waals surface area contributed by atoms with Crippen LogP contribution in [0.2, 0.25) is 0 Å². The molecule has 3 aromatic heterocycles. The van der Waals surface area contributed by atoms with E-state index >= 15 is 0 Å². The minimum absolute atomic E-state index is 0.617. The molecule has 0 radical (unpaired) electrons. The lowest BCUT2D eigenvalue weighted by molar-refractivity contribution is 0.665. The molecular weight excluding hydrogens is 334 g/mol. The summed E-state index contributed by atoms with van der Waals surface area (Å²) in [5.41, 5.74) is 6.97. The number of fused-ring (bicyclic) bond motifs is 2. The van der Waals surface area contributed by atoms with Crippen LogP contribution in [0.25, 0.3) is 33.3 Å². The first-order valence-corrected chi connectivity index (χ1v) is 8.87. The summed E-state index contributed by atoms with van der Waals surface area (Å²) < 4.78 is 1.85. The molecule has 2 aromatic carbocycles. The molecule has 0 bridgehead atoms. The van der Waals surface area contributed by atoms with Crippen LogP contribution in [0, 0.1) is 6.92 Å². The van der Waals surface area contributed by atoms with Crippen molar-refractivity contribution >= 4 is 22.1 Å². The monoisotopic (exact) mass is 351 g/mol. The highest BCUT2D eigenvalue weighted by Gasteiger charge is 2.09. The Labute approximate surface area is 156 Å². The Morgan fingerprint density at radius 2 is 1.81 bits per heavy atom. The minimum atomic E-state index is 0.617. The van der Waals surface area contributed by atoms with Gasteiger partial charge in [-0.3, -0.25) is 4.98 Å². The lowest BCUT2D eigenvalue weighted by atomic mass is 10.1. The summed E-state index contributed by atoms with van der Waals surface area (Å²) >= 11 is 0. The van der Waals surface area contributed by atoms with E-state index in [2.05, 4.69) is 64.7 Å². The second-order valence-electron chi connectivity index (χ2n) is 6.69. The molecule has 0 amide bonds. The SMILES string of the molecule is Cc1cccc(-c2ccc3nnn(Cc4ccc5ncccc5c4)c3n2)c1. The fourth-order valence-corrected chi connectivity index (χ4v) is 3.32. The van der Waals surface area contributed by atoms with E-state index in [1.54, 1.807) is 0 Å². The minimum Gasteiger partial charge on any atom is -0.256 e. The highest BCUT2D eigenvalue weighted by Crippen LogP contribution is 2.22. The lowest BCUT2D eigenvalue weighted by Crippen LogP contribution is -2.03. The number of nitrogens with zero attached hydrogens (tertiary/aromatic N) is 5. The normalized spacial score (nSPS) is 11.3. The quantitative estimate of drug-likeness (QED) is 0.483. The van der Waals surface area contributed by atoms with Crippen LogP contribution in [-0.4, -0.2) is 25.0 Å². The molecule has 0 saturated carbocycles. The van der Waals surface area contributed by atoms with Crippen molar-refractivity contribution in [2.24, 2.45) is 0 Å². The Hall–Kier alpha value is -3.60. The third-order valence-corrected chi connectivity index (χ3v) is 4.67. The Morgan fingerprint density at radius 1 is 0.889 bits per heavy atom. The van der Waals surface area contributed by atoms with Crippen LogP contribution >= 0.6 is 0 Å². The predicted molar refractivity (Wildman–Crippen MR) is 106 cm³/mol. The van der Waals surface area contributed by atoms with Crippen LogP contribution in [-0.2, 0) is 6.54 Å². The highest BCUT2D eigenvalue weighted by molar-refractivity contribution is 5.79. The number of rotatable bonds is 3. The number of hydrogen-bond acceptors (Lipinski definition) is 4. The molecule has 0 N–H and O–H groups in total. The first kappa shape index (κ1) is 15.6. The molecule has 5 heteroatoms. The summed E-state index contributed by atoms with van der Waals surface area (Å²) in [6.07, 6.45) is 1.81. The molecule has 27 heavy (non-hydrogen) atoms. The van der Waals surface area contributed by atoms with Crippen LogP contribution < -0.4 is 0 Å². The van der Waals surface area contributed by atoms with Gasteiger partial charge >= 0.3 is 0 Å². The Morgan fingerprint density at radius 3 is 2.74 bits per heavy atom. The van der Waals surface area contributed by atoms with Crippen molar-refractivity contribution in [2.75, 3.05) is 0 Å². The van der Waals surface area contributed by atoms with Crippen molar-refractivity contribution in [1.82, 2.24) is 25.0 Å². The summed E-state index contributed by atoms with van der Waals surface area (Å²) in [6.45, 7) is 2.70. The van der Waals surface area contributed by atoms with Crippen LogP contribution in [0.4, 0.5) is 0 Å². The molecule has 130 valence electrons. The third kappa shape index (κ3) is 2.93. The van der Waals surface area contributed by atoms with Crippen molar-refractivity contribution in [2.45, 2.75) is 13.5 Å². The number of pyridine rings is 2. The third-order valence-electron chi connectivity index (χ3n) is 4.67. The first-order chi connectivity index (χ1) is 13.3. The van der Waals surface area contributed by atoms with Crippen molar-refractivity contribution in [3.05, 3.63) is 84.1 Å². The molecule has 0 unspecified atom stereocenters. The van der Waals surface area contributed by atoms with E-state index in [0.717, 1.165) is 38.9 Å². The Balaban J connectivity index is 1.55. The smallest absolute Gasteiger partial charge is 0.179 e. The summed E-state index contributed by atoms with van der Waals surface area (Å²) in [6, 6.07) is 22.6. The number of benzene rings is 2. The van der Waals surface area contributed by atoms with Gasteiger partial charge < -0.3 is 0 Å². The molecule has 0 aliphatic rings. The van der Waals surface area contributed by atoms with Gasteiger partial charge in [0.25, 0.3) is 0 Å². The molecule has 0 fully saturated rings. The molecule has 5 aromatic rings. The van der Waals surface area contributed by atoms with Gasteiger partial charge in [-0.2, -0.15) is 0 Å². The molecule has 0 aliphatic heterocycles. The molecule has 0 atom stereocenters. The molecule has 3 heterocycles. The van der Waals surface area contributed by atoms with E-state index in [9.17, 15) is 0 Å². The summed E-state index contributed by atoms with van der Waals surface area (Å²) in [5.74, 6) is 0. The summed E-state index contributed by atoms with van der Waals surface area (Å²) in [7, 11) is 0. The van der Waals surface area contributed by atoms with E-state index < -0.39 is 0 Å². The zero-order valence-electron chi connectivity index (χ0n) is 14.9. The molecule has 5 rings (SSSR count). The van der Waals surface area contributed by atoms with E-state index in [1.165, 1.54) is 5.56 Å². The Bertz CT molecular complexity index is 1270. The van der Waals surface area contributed by atoms with Crippen LogP contribution in [0.1, 0.15) is 11.1 Å². The van der Waals surface area contributed by atoms with Gasteiger partial charge in [0.05, 0.1) is 17.8 Å². The van der Waals surface area contributed by atoms with Gasteiger partial charge in [0, 0.05) is 17.1 Å². The van der Waals surface area contributed by atoms with Crippen LogP contribution in [0.3, 0.4) is 0 Å².